The third-order valence-corrected chi connectivity index (χ3v) is 9.15. The summed E-state index contributed by atoms with van der Waals surface area (Å²) in [5, 5.41) is 0. The molecule has 37 heavy (non-hydrogen) atoms. The lowest BCUT2D eigenvalue weighted by molar-refractivity contribution is -0.140. The van der Waals surface area contributed by atoms with Gasteiger partial charge in [-0.1, -0.05) is 104 Å². The Kier molecular flexibility index (Phi) is 14.5. The van der Waals surface area contributed by atoms with Crippen molar-refractivity contribution in [1.29, 1.82) is 0 Å². The number of benzene rings is 1. The van der Waals surface area contributed by atoms with Crippen LogP contribution in [0.15, 0.2) is 24.3 Å². The van der Waals surface area contributed by atoms with Crippen LogP contribution in [0.5, 0.6) is 11.5 Å². The SMILES string of the molecule is CCCCCCCC1CCC(C(=O)Oc2ccc(OCCCC3CCC(CCCCC)CC3)cc2)CC1. The molecule has 3 rings (SSSR count). The Hall–Kier alpha value is -1.51. The maximum absolute atomic E-state index is 12.7. The number of unbranched alkanes of at least 4 members (excludes halogenated alkanes) is 6. The maximum Gasteiger partial charge on any atom is 0.314 e. The fourth-order valence-electron chi connectivity index (χ4n) is 6.58. The molecule has 210 valence electrons. The predicted molar refractivity (Wildman–Crippen MR) is 155 cm³/mol. The van der Waals surface area contributed by atoms with Gasteiger partial charge < -0.3 is 9.47 Å². The van der Waals surface area contributed by atoms with Gasteiger partial charge in [-0.3, -0.25) is 4.79 Å². The van der Waals surface area contributed by atoms with E-state index in [4.69, 9.17) is 9.47 Å². The van der Waals surface area contributed by atoms with Crippen LogP contribution in [0.4, 0.5) is 0 Å². The van der Waals surface area contributed by atoms with E-state index in [1.807, 2.05) is 24.3 Å². The van der Waals surface area contributed by atoms with Gasteiger partial charge in [0.15, 0.2) is 0 Å². The molecule has 0 atom stereocenters. The van der Waals surface area contributed by atoms with Gasteiger partial charge in [0.05, 0.1) is 12.5 Å². The summed E-state index contributed by atoms with van der Waals surface area (Å²) in [6.07, 6.45) is 26.2. The summed E-state index contributed by atoms with van der Waals surface area (Å²) in [5.41, 5.74) is 0. The number of carbonyl (C=O) groups excluding carboxylic acids is 1. The Morgan fingerprint density at radius 2 is 1.08 bits per heavy atom. The smallest absolute Gasteiger partial charge is 0.314 e. The van der Waals surface area contributed by atoms with Crippen LogP contribution in [0.2, 0.25) is 0 Å². The number of rotatable bonds is 17. The van der Waals surface area contributed by atoms with Gasteiger partial charge in [-0.15, -0.1) is 0 Å². The Morgan fingerprint density at radius 1 is 0.622 bits per heavy atom. The quantitative estimate of drug-likeness (QED) is 0.118. The number of carbonyl (C=O) groups is 1. The van der Waals surface area contributed by atoms with Crippen molar-refractivity contribution < 1.29 is 14.3 Å². The molecule has 0 aliphatic heterocycles. The predicted octanol–water partition coefficient (Wildman–Crippen LogP) is 10.3. The summed E-state index contributed by atoms with van der Waals surface area (Å²) < 4.78 is 11.7. The van der Waals surface area contributed by atoms with Gasteiger partial charge in [-0.2, -0.15) is 0 Å². The summed E-state index contributed by atoms with van der Waals surface area (Å²) in [6.45, 7) is 5.34. The molecule has 2 aliphatic carbocycles. The zero-order valence-corrected chi connectivity index (χ0v) is 24.2. The highest BCUT2D eigenvalue weighted by Gasteiger charge is 2.27. The van der Waals surface area contributed by atoms with Crippen molar-refractivity contribution in [3.8, 4) is 11.5 Å². The van der Waals surface area contributed by atoms with E-state index in [0.717, 1.165) is 49.4 Å². The highest BCUT2D eigenvalue weighted by Crippen LogP contribution is 2.35. The average molecular weight is 513 g/mol. The lowest BCUT2D eigenvalue weighted by Gasteiger charge is -2.28. The van der Waals surface area contributed by atoms with E-state index < -0.39 is 0 Å². The van der Waals surface area contributed by atoms with Gasteiger partial charge in [-0.25, -0.2) is 0 Å². The molecule has 2 fully saturated rings. The van der Waals surface area contributed by atoms with Crippen molar-refractivity contribution in [1.82, 2.24) is 0 Å². The first-order chi connectivity index (χ1) is 18.2. The number of esters is 1. The maximum atomic E-state index is 12.7. The molecule has 0 bridgehead atoms. The average Bonchev–Trinajstić information content (AvgIpc) is 2.93. The molecular formula is C34H56O3. The van der Waals surface area contributed by atoms with Crippen molar-refractivity contribution in [2.24, 2.45) is 23.7 Å². The van der Waals surface area contributed by atoms with Crippen LogP contribution < -0.4 is 9.47 Å². The molecule has 0 aromatic heterocycles. The molecule has 2 saturated carbocycles. The minimum Gasteiger partial charge on any atom is -0.494 e. The highest BCUT2D eigenvalue weighted by molar-refractivity contribution is 5.75. The minimum atomic E-state index is -0.0462. The molecule has 0 amide bonds. The summed E-state index contributed by atoms with van der Waals surface area (Å²) in [7, 11) is 0. The van der Waals surface area contributed by atoms with E-state index in [9.17, 15) is 4.79 Å². The zero-order chi connectivity index (χ0) is 26.1. The second-order valence-corrected chi connectivity index (χ2v) is 12.2. The third-order valence-electron chi connectivity index (χ3n) is 9.15. The Balaban J connectivity index is 1.24. The second kappa shape index (κ2) is 17.9. The molecule has 3 heteroatoms. The van der Waals surface area contributed by atoms with Gasteiger partial charge in [0.1, 0.15) is 11.5 Å². The topological polar surface area (TPSA) is 35.5 Å². The van der Waals surface area contributed by atoms with E-state index in [1.165, 1.54) is 109 Å². The largest absolute Gasteiger partial charge is 0.494 e. The standard InChI is InChI=1S/C34H56O3/c1-3-5-7-8-10-13-29-19-21-31(22-20-29)34(35)37-33-25-23-32(24-26-33)36-27-11-14-30-17-15-28(16-18-30)12-9-6-4-2/h23-26,28-31H,3-22,27H2,1-2H3. The van der Waals surface area contributed by atoms with Crippen molar-refractivity contribution in [3.63, 3.8) is 0 Å². The molecule has 2 aliphatic rings. The first-order valence-electron chi connectivity index (χ1n) is 16.1. The van der Waals surface area contributed by atoms with Gasteiger partial charge in [-0.05, 0) is 80.5 Å². The monoisotopic (exact) mass is 512 g/mol. The molecular weight excluding hydrogens is 456 g/mol. The summed E-state index contributed by atoms with van der Waals surface area (Å²) in [4.78, 5) is 12.7. The summed E-state index contributed by atoms with van der Waals surface area (Å²) in [6, 6.07) is 7.66. The van der Waals surface area contributed by atoms with Crippen LogP contribution in [0.1, 0.15) is 142 Å². The highest BCUT2D eigenvalue weighted by atomic mass is 16.5. The van der Waals surface area contributed by atoms with Gasteiger partial charge in [0, 0.05) is 0 Å². The number of hydrogen-bond acceptors (Lipinski definition) is 3. The molecule has 0 saturated heterocycles. The molecule has 1 aromatic carbocycles. The molecule has 0 radical (unpaired) electrons. The normalized spacial score (nSPS) is 24.1. The summed E-state index contributed by atoms with van der Waals surface area (Å²) >= 11 is 0. The van der Waals surface area contributed by atoms with Crippen molar-refractivity contribution in [3.05, 3.63) is 24.3 Å². The lowest BCUT2D eigenvalue weighted by Crippen LogP contribution is -2.25. The van der Waals surface area contributed by atoms with Gasteiger partial charge >= 0.3 is 5.97 Å². The van der Waals surface area contributed by atoms with Crippen molar-refractivity contribution in [2.45, 2.75) is 142 Å². The van der Waals surface area contributed by atoms with E-state index >= 15 is 0 Å². The fraction of sp³-hybridized carbons (Fsp3) is 0.794. The van der Waals surface area contributed by atoms with Crippen molar-refractivity contribution in [2.75, 3.05) is 6.61 Å². The fourth-order valence-corrected chi connectivity index (χ4v) is 6.58. The van der Waals surface area contributed by atoms with Crippen LogP contribution >= 0.6 is 0 Å². The van der Waals surface area contributed by atoms with E-state index in [-0.39, 0.29) is 11.9 Å². The molecule has 0 spiro atoms. The zero-order valence-electron chi connectivity index (χ0n) is 24.2. The second-order valence-electron chi connectivity index (χ2n) is 12.2. The van der Waals surface area contributed by atoms with Crippen LogP contribution in [0.25, 0.3) is 0 Å². The Bertz CT molecular complexity index is 711. The Labute approximate surface area is 228 Å². The molecule has 0 N–H and O–H groups in total. The molecule has 0 heterocycles. The van der Waals surface area contributed by atoms with Crippen molar-refractivity contribution >= 4 is 5.97 Å². The Morgan fingerprint density at radius 3 is 1.68 bits per heavy atom. The number of hydrogen-bond donors (Lipinski definition) is 0. The number of ether oxygens (including phenoxy) is 2. The van der Waals surface area contributed by atoms with Crippen LogP contribution in [0.3, 0.4) is 0 Å². The van der Waals surface area contributed by atoms with E-state index in [0.29, 0.717) is 5.75 Å². The van der Waals surface area contributed by atoms with Crippen LogP contribution in [0, 0.1) is 23.7 Å². The van der Waals surface area contributed by atoms with Gasteiger partial charge in [0.2, 0.25) is 0 Å². The van der Waals surface area contributed by atoms with Gasteiger partial charge in [0.25, 0.3) is 0 Å². The van der Waals surface area contributed by atoms with Crippen LogP contribution in [-0.4, -0.2) is 12.6 Å². The molecule has 0 unspecified atom stereocenters. The molecule has 3 nitrogen and oxygen atoms in total. The lowest BCUT2D eigenvalue weighted by atomic mass is 9.78. The minimum absolute atomic E-state index is 0.0462. The molecule has 1 aromatic rings. The third kappa shape index (κ3) is 11.8. The summed E-state index contributed by atoms with van der Waals surface area (Å²) in [5.74, 6) is 4.24. The van der Waals surface area contributed by atoms with Crippen LogP contribution in [-0.2, 0) is 4.79 Å². The first kappa shape index (κ1) is 30.0. The van der Waals surface area contributed by atoms with E-state index in [1.54, 1.807) is 0 Å². The van der Waals surface area contributed by atoms with E-state index in [2.05, 4.69) is 13.8 Å². The first-order valence-corrected chi connectivity index (χ1v) is 16.1.